The maximum atomic E-state index is 8.96. The van der Waals surface area contributed by atoms with Crippen LogP contribution < -0.4 is 11.1 Å². The van der Waals surface area contributed by atoms with Crippen LogP contribution in [-0.4, -0.2) is 28.2 Å². The fourth-order valence-electron chi connectivity index (χ4n) is 1.71. The van der Waals surface area contributed by atoms with Crippen LogP contribution in [0.3, 0.4) is 0 Å². The van der Waals surface area contributed by atoms with Crippen molar-refractivity contribution in [2.45, 2.75) is 19.3 Å². The fourth-order valence-corrected chi connectivity index (χ4v) is 2.05. The molecule has 0 amide bonds. The van der Waals surface area contributed by atoms with Gasteiger partial charge in [0.05, 0.1) is 0 Å². The second-order valence-electron chi connectivity index (χ2n) is 4.25. The minimum Gasteiger partial charge on any atom is -0.396 e. The van der Waals surface area contributed by atoms with Crippen LogP contribution in [0.4, 0.5) is 11.6 Å². The first-order valence-electron chi connectivity index (χ1n) is 5.28. The Balaban J connectivity index is 1.97. The predicted octanol–water partition coefficient (Wildman–Crippen LogP) is 1.40. The van der Waals surface area contributed by atoms with Gasteiger partial charge in [-0.1, -0.05) is 0 Å². The molecule has 1 aliphatic carbocycles. The summed E-state index contributed by atoms with van der Waals surface area (Å²) in [6.45, 7) is 1.07. The molecule has 1 saturated carbocycles. The van der Waals surface area contributed by atoms with Gasteiger partial charge in [-0.05, 0) is 40.6 Å². The molecule has 16 heavy (non-hydrogen) atoms. The molecule has 0 spiro atoms. The standard InChI is InChI=1S/C10H15BrN4O/c11-7-8(12)14-6-15-9(7)13-5-10(1-2-10)3-4-16/h6,16H,1-5H2,(H3,12,13,14,15). The molecule has 0 atom stereocenters. The Kier molecular flexibility index (Phi) is 3.30. The van der Waals surface area contributed by atoms with Crippen molar-refractivity contribution in [1.82, 2.24) is 9.97 Å². The van der Waals surface area contributed by atoms with E-state index in [1.807, 2.05) is 0 Å². The largest absolute Gasteiger partial charge is 0.396 e. The van der Waals surface area contributed by atoms with E-state index in [1.165, 1.54) is 19.2 Å². The number of anilines is 2. The molecule has 1 aromatic rings. The van der Waals surface area contributed by atoms with E-state index in [2.05, 4.69) is 31.2 Å². The third kappa shape index (κ3) is 2.44. The van der Waals surface area contributed by atoms with Gasteiger partial charge in [0.15, 0.2) is 0 Å². The lowest BCUT2D eigenvalue weighted by atomic mass is 10.0. The Hall–Kier alpha value is -0.880. The summed E-state index contributed by atoms with van der Waals surface area (Å²) in [7, 11) is 0. The smallest absolute Gasteiger partial charge is 0.145 e. The number of nitrogen functional groups attached to an aromatic ring is 1. The van der Waals surface area contributed by atoms with Crippen molar-refractivity contribution in [3.8, 4) is 0 Å². The normalized spacial score (nSPS) is 17.1. The summed E-state index contributed by atoms with van der Waals surface area (Å²) in [6.07, 6.45) is 4.61. The average molecular weight is 287 g/mol. The van der Waals surface area contributed by atoms with Crippen molar-refractivity contribution in [2.24, 2.45) is 5.41 Å². The van der Waals surface area contributed by atoms with Crippen LogP contribution in [0.15, 0.2) is 10.8 Å². The first kappa shape index (κ1) is 11.6. The minimum atomic E-state index is 0.245. The number of aliphatic hydroxyl groups is 1. The highest BCUT2D eigenvalue weighted by Gasteiger charge is 2.41. The van der Waals surface area contributed by atoms with Gasteiger partial charge in [-0.2, -0.15) is 0 Å². The lowest BCUT2D eigenvalue weighted by Gasteiger charge is -2.15. The molecule has 5 nitrogen and oxygen atoms in total. The lowest BCUT2D eigenvalue weighted by molar-refractivity contribution is 0.253. The zero-order valence-electron chi connectivity index (χ0n) is 8.91. The second kappa shape index (κ2) is 4.55. The monoisotopic (exact) mass is 286 g/mol. The highest BCUT2D eigenvalue weighted by Crippen LogP contribution is 2.48. The van der Waals surface area contributed by atoms with Crippen molar-refractivity contribution in [3.05, 3.63) is 10.8 Å². The first-order valence-corrected chi connectivity index (χ1v) is 6.07. The van der Waals surface area contributed by atoms with E-state index < -0.39 is 0 Å². The zero-order valence-corrected chi connectivity index (χ0v) is 10.5. The number of aliphatic hydroxyl groups excluding tert-OH is 1. The third-order valence-electron chi connectivity index (χ3n) is 3.05. The summed E-state index contributed by atoms with van der Waals surface area (Å²) in [5, 5.41) is 12.2. The van der Waals surface area contributed by atoms with Crippen molar-refractivity contribution in [2.75, 3.05) is 24.2 Å². The van der Waals surface area contributed by atoms with E-state index in [-0.39, 0.29) is 12.0 Å². The Morgan fingerprint density at radius 3 is 2.88 bits per heavy atom. The van der Waals surface area contributed by atoms with Gasteiger partial charge in [-0.25, -0.2) is 9.97 Å². The molecular weight excluding hydrogens is 272 g/mol. The number of hydrogen-bond acceptors (Lipinski definition) is 5. The third-order valence-corrected chi connectivity index (χ3v) is 3.83. The fraction of sp³-hybridized carbons (Fsp3) is 0.600. The van der Waals surface area contributed by atoms with E-state index in [9.17, 15) is 0 Å². The minimum absolute atomic E-state index is 0.245. The molecule has 4 N–H and O–H groups in total. The molecular formula is C10H15BrN4O. The van der Waals surface area contributed by atoms with Gasteiger partial charge in [-0.15, -0.1) is 0 Å². The molecule has 2 rings (SSSR count). The van der Waals surface area contributed by atoms with Crippen molar-refractivity contribution < 1.29 is 5.11 Å². The molecule has 1 fully saturated rings. The van der Waals surface area contributed by atoms with Crippen LogP contribution in [0.2, 0.25) is 0 Å². The maximum Gasteiger partial charge on any atom is 0.145 e. The van der Waals surface area contributed by atoms with E-state index in [0.717, 1.165) is 18.8 Å². The van der Waals surface area contributed by atoms with Gasteiger partial charge in [0.25, 0.3) is 0 Å². The zero-order chi connectivity index (χ0) is 11.6. The molecule has 1 aromatic heterocycles. The first-order chi connectivity index (χ1) is 7.67. The van der Waals surface area contributed by atoms with E-state index >= 15 is 0 Å². The Bertz CT molecular complexity index is 381. The van der Waals surface area contributed by atoms with E-state index in [0.29, 0.717) is 10.3 Å². The second-order valence-corrected chi connectivity index (χ2v) is 5.04. The van der Waals surface area contributed by atoms with Crippen LogP contribution in [0.1, 0.15) is 19.3 Å². The molecule has 0 saturated heterocycles. The molecule has 0 bridgehead atoms. The van der Waals surface area contributed by atoms with Gasteiger partial charge in [0.2, 0.25) is 0 Å². The number of aromatic nitrogens is 2. The predicted molar refractivity (Wildman–Crippen MR) is 66.0 cm³/mol. The van der Waals surface area contributed by atoms with Crippen LogP contribution in [-0.2, 0) is 0 Å². The molecule has 1 aliphatic rings. The summed E-state index contributed by atoms with van der Waals surface area (Å²) < 4.78 is 0.704. The molecule has 6 heteroatoms. The van der Waals surface area contributed by atoms with Gasteiger partial charge in [0, 0.05) is 13.2 Å². The van der Waals surface area contributed by atoms with Gasteiger partial charge < -0.3 is 16.2 Å². The summed E-state index contributed by atoms with van der Waals surface area (Å²) in [6, 6.07) is 0. The number of hydrogen-bond donors (Lipinski definition) is 3. The van der Waals surface area contributed by atoms with Crippen LogP contribution >= 0.6 is 15.9 Å². The molecule has 1 heterocycles. The lowest BCUT2D eigenvalue weighted by Crippen LogP contribution is -2.18. The molecule has 0 aliphatic heterocycles. The number of rotatable bonds is 5. The molecule has 0 unspecified atom stereocenters. The number of nitrogens with one attached hydrogen (secondary N) is 1. The molecule has 0 aromatic carbocycles. The van der Waals surface area contributed by atoms with Crippen LogP contribution in [0.5, 0.6) is 0 Å². The van der Waals surface area contributed by atoms with Gasteiger partial charge in [-0.3, -0.25) is 0 Å². The Morgan fingerprint density at radius 2 is 2.25 bits per heavy atom. The maximum absolute atomic E-state index is 8.96. The summed E-state index contributed by atoms with van der Waals surface area (Å²) >= 11 is 3.35. The van der Waals surface area contributed by atoms with E-state index in [4.69, 9.17) is 10.8 Å². The average Bonchev–Trinajstić information content (AvgIpc) is 3.02. The Labute approximate surface area is 103 Å². The summed E-state index contributed by atoms with van der Waals surface area (Å²) in [4.78, 5) is 7.99. The highest BCUT2D eigenvalue weighted by molar-refractivity contribution is 9.10. The number of nitrogens with two attached hydrogens (primary N) is 1. The number of nitrogens with zero attached hydrogens (tertiary/aromatic N) is 2. The van der Waals surface area contributed by atoms with Crippen LogP contribution in [0.25, 0.3) is 0 Å². The molecule has 0 radical (unpaired) electrons. The van der Waals surface area contributed by atoms with Crippen LogP contribution in [0, 0.1) is 5.41 Å². The van der Waals surface area contributed by atoms with Gasteiger partial charge >= 0.3 is 0 Å². The quantitative estimate of drug-likeness (QED) is 0.762. The van der Waals surface area contributed by atoms with E-state index in [1.54, 1.807) is 0 Å². The summed E-state index contributed by atoms with van der Waals surface area (Å²) in [5.74, 6) is 1.15. The van der Waals surface area contributed by atoms with Crippen molar-refractivity contribution >= 4 is 27.6 Å². The highest BCUT2D eigenvalue weighted by atomic mass is 79.9. The van der Waals surface area contributed by atoms with Crippen molar-refractivity contribution in [3.63, 3.8) is 0 Å². The topological polar surface area (TPSA) is 84.1 Å². The Morgan fingerprint density at radius 1 is 1.50 bits per heavy atom. The SMILES string of the molecule is Nc1ncnc(NCC2(CCO)CC2)c1Br. The van der Waals surface area contributed by atoms with Gasteiger partial charge in [0.1, 0.15) is 22.4 Å². The van der Waals surface area contributed by atoms with Crippen molar-refractivity contribution in [1.29, 1.82) is 0 Å². The molecule has 88 valence electrons. The summed E-state index contributed by atoms with van der Waals surface area (Å²) in [5.41, 5.74) is 5.91. The number of halogens is 1.